The summed E-state index contributed by atoms with van der Waals surface area (Å²) in [6.45, 7) is 1.55. The van der Waals surface area contributed by atoms with E-state index in [0.29, 0.717) is 10.2 Å². The van der Waals surface area contributed by atoms with Gasteiger partial charge in [-0.3, -0.25) is 4.55 Å². The number of aryl methyl sites for hydroxylation is 1. The summed E-state index contributed by atoms with van der Waals surface area (Å²) in [7, 11) is -4.73. The predicted octanol–water partition coefficient (Wildman–Crippen LogP) is 2.64. The molecule has 0 aliphatic rings. The van der Waals surface area contributed by atoms with Gasteiger partial charge in [0.25, 0.3) is 10.1 Å². The fourth-order valence-electron chi connectivity index (χ4n) is 2.81. The number of carbonyl (C=O) groups is 3. The number of nitrogens with zero attached hydrogens (tertiary/aromatic N) is 4. The van der Waals surface area contributed by atoms with Crippen LogP contribution in [0.4, 0.5) is 11.4 Å². The summed E-state index contributed by atoms with van der Waals surface area (Å²) in [6, 6.07) is 6.43. The van der Waals surface area contributed by atoms with Crippen LogP contribution in [0.15, 0.2) is 51.5 Å². The average molecular weight is 490 g/mol. The van der Waals surface area contributed by atoms with E-state index in [1.165, 1.54) is 12.1 Å². The lowest BCUT2D eigenvalue weighted by Gasteiger charge is -2.06. The molecule has 0 bridgehead atoms. The molecule has 0 radical (unpaired) electrons. The van der Waals surface area contributed by atoms with E-state index >= 15 is 0 Å². The fraction of sp³-hybridized carbons (Fsp3) is 0.0526. The number of benzene rings is 2. The molecule has 3 rings (SSSR count). The first-order chi connectivity index (χ1) is 15.8. The summed E-state index contributed by atoms with van der Waals surface area (Å²) in [5.41, 5.74) is -2.80. The van der Waals surface area contributed by atoms with Crippen molar-refractivity contribution in [2.45, 2.75) is 11.8 Å². The van der Waals surface area contributed by atoms with Crippen molar-refractivity contribution in [2.75, 3.05) is 0 Å². The van der Waals surface area contributed by atoms with Gasteiger partial charge < -0.3 is 20.4 Å². The number of hydrogen-bond donors (Lipinski definition) is 5. The van der Waals surface area contributed by atoms with Crippen molar-refractivity contribution in [1.29, 1.82) is 0 Å². The van der Waals surface area contributed by atoms with Gasteiger partial charge in [0.05, 0.1) is 16.8 Å². The molecule has 1 heterocycles. The van der Waals surface area contributed by atoms with Crippen molar-refractivity contribution in [3.63, 3.8) is 0 Å². The standard InChI is InChI=1S/C19H14N4O10S/c1-8-2-3-12(13(4-8)34(31,32)33)20-21-14-15(19(29)30)22-23(16(14)24)11-6-9(17(25)26)5-10(7-11)18(27)28/h2-7,24H,1H3,(H,25,26)(H,27,28)(H,29,30)(H,31,32,33). The fourth-order valence-corrected chi connectivity index (χ4v) is 3.52. The van der Waals surface area contributed by atoms with Crippen molar-refractivity contribution in [3.05, 3.63) is 58.8 Å². The highest BCUT2D eigenvalue weighted by Crippen LogP contribution is 2.36. The maximum absolute atomic E-state index is 11.6. The first kappa shape index (κ1) is 24.0. The van der Waals surface area contributed by atoms with E-state index in [-0.39, 0.29) is 11.4 Å². The Hall–Kier alpha value is -4.63. The number of carboxylic acid groups (broad SMARTS) is 3. The number of azo groups is 1. The Labute approximate surface area is 189 Å². The van der Waals surface area contributed by atoms with Crippen LogP contribution in [0, 0.1) is 6.92 Å². The van der Waals surface area contributed by atoms with E-state index in [1.807, 2.05) is 0 Å². The van der Waals surface area contributed by atoms with Gasteiger partial charge in [-0.15, -0.1) is 10.2 Å². The van der Waals surface area contributed by atoms with E-state index in [1.54, 1.807) is 6.92 Å². The van der Waals surface area contributed by atoms with Crippen LogP contribution >= 0.6 is 0 Å². The molecule has 5 N–H and O–H groups in total. The molecule has 176 valence electrons. The monoisotopic (exact) mass is 490 g/mol. The summed E-state index contributed by atoms with van der Waals surface area (Å²) < 4.78 is 33.2. The smallest absolute Gasteiger partial charge is 0.358 e. The molecule has 15 heteroatoms. The highest BCUT2D eigenvalue weighted by atomic mass is 32.2. The molecular formula is C19H14N4O10S. The van der Waals surface area contributed by atoms with Crippen LogP contribution in [-0.4, -0.2) is 61.1 Å². The predicted molar refractivity (Wildman–Crippen MR) is 111 cm³/mol. The Kier molecular flexibility index (Phi) is 6.16. The van der Waals surface area contributed by atoms with Crippen LogP contribution in [-0.2, 0) is 10.1 Å². The van der Waals surface area contributed by atoms with E-state index in [2.05, 4.69) is 15.3 Å². The number of aromatic carboxylic acids is 3. The second-order valence-electron chi connectivity index (χ2n) is 6.76. The molecule has 34 heavy (non-hydrogen) atoms. The molecule has 0 atom stereocenters. The lowest BCUT2D eigenvalue weighted by molar-refractivity contribution is 0.0678. The Balaban J connectivity index is 2.21. The van der Waals surface area contributed by atoms with Gasteiger partial charge >= 0.3 is 17.9 Å². The largest absolute Gasteiger partial charge is 0.492 e. The van der Waals surface area contributed by atoms with Gasteiger partial charge in [-0.1, -0.05) is 6.07 Å². The zero-order valence-corrected chi connectivity index (χ0v) is 17.8. The van der Waals surface area contributed by atoms with Gasteiger partial charge in [-0.25, -0.2) is 14.4 Å². The minimum Gasteiger partial charge on any atom is -0.492 e. The highest BCUT2D eigenvalue weighted by molar-refractivity contribution is 7.86. The SMILES string of the molecule is Cc1ccc(N=Nc2c(C(=O)O)nn(-c3cc(C(=O)O)cc(C(=O)O)c3)c2O)c(S(=O)(=O)O)c1. The molecule has 0 amide bonds. The minimum atomic E-state index is -4.73. The summed E-state index contributed by atoms with van der Waals surface area (Å²) in [4.78, 5) is 33.7. The van der Waals surface area contributed by atoms with E-state index in [4.69, 9.17) is 0 Å². The summed E-state index contributed by atoms with van der Waals surface area (Å²) >= 11 is 0. The zero-order valence-electron chi connectivity index (χ0n) is 16.9. The highest BCUT2D eigenvalue weighted by Gasteiger charge is 2.25. The first-order valence-electron chi connectivity index (χ1n) is 8.96. The molecule has 2 aromatic carbocycles. The van der Waals surface area contributed by atoms with Crippen molar-refractivity contribution in [2.24, 2.45) is 10.2 Å². The Morgan fingerprint density at radius 3 is 2.00 bits per heavy atom. The zero-order chi connectivity index (χ0) is 25.4. The molecular weight excluding hydrogens is 476 g/mol. The van der Waals surface area contributed by atoms with Crippen molar-refractivity contribution < 1.29 is 47.8 Å². The van der Waals surface area contributed by atoms with Crippen molar-refractivity contribution in [1.82, 2.24) is 9.78 Å². The molecule has 0 unspecified atom stereocenters. The quantitative estimate of drug-likeness (QED) is 0.239. The normalized spacial score (nSPS) is 11.6. The first-order valence-corrected chi connectivity index (χ1v) is 10.4. The van der Waals surface area contributed by atoms with Crippen LogP contribution in [0.2, 0.25) is 0 Å². The van der Waals surface area contributed by atoms with Gasteiger partial charge in [-0.2, -0.15) is 18.2 Å². The van der Waals surface area contributed by atoms with Gasteiger partial charge in [-0.05, 0) is 42.8 Å². The van der Waals surface area contributed by atoms with Gasteiger partial charge in [0.1, 0.15) is 10.6 Å². The number of hydrogen-bond acceptors (Lipinski definition) is 9. The number of aromatic hydroxyl groups is 1. The van der Waals surface area contributed by atoms with E-state index in [9.17, 15) is 47.8 Å². The van der Waals surface area contributed by atoms with Gasteiger partial charge in [0.2, 0.25) is 11.6 Å². The molecule has 0 spiro atoms. The third-order valence-corrected chi connectivity index (χ3v) is 5.23. The molecule has 0 saturated heterocycles. The van der Waals surface area contributed by atoms with Gasteiger partial charge in [0.15, 0.2) is 5.69 Å². The number of carboxylic acids is 3. The third kappa shape index (κ3) is 4.74. The maximum Gasteiger partial charge on any atom is 0.358 e. The summed E-state index contributed by atoms with van der Waals surface area (Å²) in [6.07, 6.45) is 0. The molecule has 0 fully saturated rings. The van der Waals surface area contributed by atoms with E-state index < -0.39 is 61.3 Å². The molecule has 0 saturated carbocycles. The summed E-state index contributed by atoms with van der Waals surface area (Å²) in [5.74, 6) is -5.63. The molecule has 0 aliphatic carbocycles. The second kappa shape index (κ2) is 8.72. The Bertz CT molecular complexity index is 1460. The lowest BCUT2D eigenvalue weighted by atomic mass is 10.1. The van der Waals surface area contributed by atoms with Gasteiger partial charge in [0, 0.05) is 0 Å². The lowest BCUT2D eigenvalue weighted by Crippen LogP contribution is -2.07. The maximum atomic E-state index is 11.6. The Morgan fingerprint density at radius 2 is 1.50 bits per heavy atom. The summed E-state index contributed by atoms with van der Waals surface area (Å²) in [5, 5.41) is 49.2. The molecule has 3 aromatic rings. The van der Waals surface area contributed by atoms with Crippen LogP contribution in [0.5, 0.6) is 5.88 Å². The van der Waals surface area contributed by atoms with E-state index in [0.717, 1.165) is 24.3 Å². The van der Waals surface area contributed by atoms with Crippen LogP contribution in [0.25, 0.3) is 5.69 Å². The second-order valence-corrected chi connectivity index (χ2v) is 8.15. The van der Waals surface area contributed by atoms with Crippen LogP contribution in [0.3, 0.4) is 0 Å². The number of rotatable bonds is 7. The number of aromatic nitrogens is 2. The topological polar surface area (TPSA) is 229 Å². The average Bonchev–Trinajstić information content (AvgIpc) is 3.08. The molecule has 0 aliphatic heterocycles. The van der Waals surface area contributed by atoms with Crippen molar-refractivity contribution >= 4 is 39.4 Å². The van der Waals surface area contributed by atoms with Crippen LogP contribution in [0.1, 0.15) is 36.8 Å². The molecule has 14 nitrogen and oxygen atoms in total. The minimum absolute atomic E-state index is 0.312. The molecule has 1 aromatic heterocycles. The third-order valence-electron chi connectivity index (χ3n) is 4.35. The van der Waals surface area contributed by atoms with Crippen LogP contribution < -0.4 is 0 Å². The Morgan fingerprint density at radius 1 is 0.912 bits per heavy atom. The van der Waals surface area contributed by atoms with Crippen molar-refractivity contribution in [3.8, 4) is 11.6 Å².